The van der Waals surface area contributed by atoms with Crippen LogP contribution in [0, 0.1) is 12.8 Å². The molecule has 2 aromatic heterocycles. The van der Waals surface area contributed by atoms with Crippen LogP contribution in [0.2, 0.25) is 5.02 Å². The molecule has 31 heavy (non-hydrogen) atoms. The number of aromatic nitrogens is 2. The first-order chi connectivity index (χ1) is 14.4. The van der Waals surface area contributed by atoms with Crippen LogP contribution in [0.15, 0.2) is 35.8 Å². The summed E-state index contributed by atoms with van der Waals surface area (Å²) in [5.41, 5.74) is -2.49. The van der Waals surface area contributed by atoms with E-state index >= 15 is 0 Å². The molecule has 0 radical (unpaired) electrons. The molecule has 0 amide bonds. The lowest BCUT2D eigenvalue weighted by atomic mass is 10.1. The lowest BCUT2D eigenvalue weighted by molar-refractivity contribution is -0.0429. The van der Waals surface area contributed by atoms with Gasteiger partial charge < -0.3 is 0 Å². The van der Waals surface area contributed by atoms with Crippen molar-refractivity contribution in [3.8, 4) is 21.8 Å². The van der Waals surface area contributed by atoms with Crippen LogP contribution in [0.25, 0.3) is 21.8 Å². The normalized spacial score (nSPS) is 12.4. The molecule has 0 aliphatic heterocycles. The smallest absolute Gasteiger partial charge is 0.274 e. The number of aryl methyl sites for hydroxylation is 1. The van der Waals surface area contributed by atoms with E-state index < -0.39 is 15.5 Å². The van der Waals surface area contributed by atoms with E-state index in [1.807, 2.05) is 17.5 Å². The SMILES string of the molecule is Cc1cc(-c2csc(-c3ccnc(CC(C)C)c3)n2)cc(Cl)c1NS(=O)(=O)C(F)(F)F. The zero-order chi connectivity index (χ0) is 23.0. The molecule has 1 aromatic carbocycles. The van der Waals surface area contributed by atoms with Crippen LogP contribution in [-0.2, 0) is 16.4 Å². The Morgan fingerprint density at radius 1 is 1.19 bits per heavy atom. The van der Waals surface area contributed by atoms with Crippen molar-refractivity contribution in [3.05, 3.63) is 52.1 Å². The van der Waals surface area contributed by atoms with Gasteiger partial charge in [-0.3, -0.25) is 9.71 Å². The lowest BCUT2D eigenvalue weighted by Gasteiger charge is -2.15. The molecule has 166 valence electrons. The largest absolute Gasteiger partial charge is 0.516 e. The van der Waals surface area contributed by atoms with Crippen LogP contribution in [0.1, 0.15) is 25.1 Å². The van der Waals surface area contributed by atoms with Gasteiger partial charge in [0, 0.05) is 28.4 Å². The molecule has 0 spiro atoms. The third-order valence-corrected chi connectivity index (χ3v) is 6.58. The number of alkyl halides is 3. The number of nitrogens with zero attached hydrogens (tertiary/aromatic N) is 2. The summed E-state index contributed by atoms with van der Waals surface area (Å²) in [5.74, 6) is 0.466. The van der Waals surface area contributed by atoms with Gasteiger partial charge in [0.2, 0.25) is 0 Å². The average Bonchev–Trinajstić information content (AvgIpc) is 3.13. The fourth-order valence-electron chi connectivity index (χ4n) is 2.89. The van der Waals surface area contributed by atoms with Crippen molar-refractivity contribution in [3.63, 3.8) is 0 Å². The van der Waals surface area contributed by atoms with E-state index in [9.17, 15) is 21.6 Å². The molecule has 0 unspecified atom stereocenters. The first-order valence-corrected chi connectivity index (χ1v) is 11.9. The molecule has 0 aliphatic carbocycles. The minimum absolute atomic E-state index is 0.152. The number of pyridine rings is 1. The summed E-state index contributed by atoms with van der Waals surface area (Å²) in [6.45, 7) is 5.69. The van der Waals surface area contributed by atoms with Crippen molar-refractivity contribution in [1.29, 1.82) is 0 Å². The molecule has 1 N–H and O–H groups in total. The third kappa shape index (κ3) is 5.36. The summed E-state index contributed by atoms with van der Waals surface area (Å²) in [5, 5.41) is 2.42. The lowest BCUT2D eigenvalue weighted by Crippen LogP contribution is -2.30. The van der Waals surface area contributed by atoms with Crippen LogP contribution in [0.4, 0.5) is 18.9 Å². The number of rotatable bonds is 6. The van der Waals surface area contributed by atoms with Gasteiger partial charge in [-0.05, 0) is 49.1 Å². The summed E-state index contributed by atoms with van der Waals surface area (Å²) in [7, 11) is -5.57. The number of hydrogen-bond acceptors (Lipinski definition) is 5. The Morgan fingerprint density at radius 2 is 1.90 bits per heavy atom. The van der Waals surface area contributed by atoms with Gasteiger partial charge in [0.15, 0.2) is 0 Å². The predicted molar refractivity (Wildman–Crippen MR) is 118 cm³/mol. The second-order valence-corrected chi connectivity index (χ2v) is 10.3. The predicted octanol–water partition coefficient (Wildman–Crippen LogP) is 6.29. The van der Waals surface area contributed by atoms with Crippen molar-refractivity contribution in [2.45, 2.75) is 32.7 Å². The van der Waals surface area contributed by atoms with Gasteiger partial charge in [-0.25, -0.2) is 4.98 Å². The summed E-state index contributed by atoms with van der Waals surface area (Å²) in [4.78, 5) is 8.98. The maximum absolute atomic E-state index is 12.7. The van der Waals surface area contributed by atoms with Crippen molar-refractivity contribution in [1.82, 2.24) is 9.97 Å². The van der Waals surface area contributed by atoms with Gasteiger partial charge in [-0.15, -0.1) is 11.3 Å². The summed E-state index contributed by atoms with van der Waals surface area (Å²) < 4.78 is 62.4. The van der Waals surface area contributed by atoms with E-state index in [1.165, 1.54) is 35.1 Å². The highest BCUT2D eigenvalue weighted by Crippen LogP contribution is 2.36. The van der Waals surface area contributed by atoms with Crippen LogP contribution < -0.4 is 4.72 Å². The Bertz CT molecular complexity index is 1190. The molecule has 2 heterocycles. The zero-order valence-electron chi connectivity index (χ0n) is 16.8. The highest BCUT2D eigenvalue weighted by Gasteiger charge is 2.46. The fraction of sp³-hybridized carbons (Fsp3) is 0.300. The monoisotopic (exact) mass is 489 g/mol. The summed E-state index contributed by atoms with van der Waals surface area (Å²) >= 11 is 7.52. The van der Waals surface area contributed by atoms with Gasteiger partial charge in [0.05, 0.1) is 16.4 Å². The Kier molecular flexibility index (Phi) is 6.64. The molecule has 3 rings (SSSR count). The Morgan fingerprint density at radius 3 is 2.52 bits per heavy atom. The molecule has 0 aliphatic rings. The van der Waals surface area contributed by atoms with E-state index in [1.54, 1.807) is 6.20 Å². The molecule has 3 aromatic rings. The average molecular weight is 490 g/mol. The quantitative estimate of drug-likeness (QED) is 0.441. The third-order valence-electron chi connectivity index (χ3n) is 4.31. The van der Waals surface area contributed by atoms with E-state index in [-0.39, 0.29) is 16.3 Å². The molecule has 0 saturated heterocycles. The maximum atomic E-state index is 12.7. The van der Waals surface area contributed by atoms with Crippen molar-refractivity contribution in [2.24, 2.45) is 5.92 Å². The highest BCUT2D eigenvalue weighted by molar-refractivity contribution is 7.93. The molecule has 0 saturated carbocycles. The topological polar surface area (TPSA) is 72.0 Å². The number of benzene rings is 1. The van der Waals surface area contributed by atoms with Gasteiger partial charge in [0.1, 0.15) is 5.01 Å². The number of anilines is 1. The maximum Gasteiger partial charge on any atom is 0.516 e. The first kappa shape index (κ1) is 23.5. The van der Waals surface area contributed by atoms with E-state index in [0.717, 1.165) is 22.7 Å². The van der Waals surface area contributed by atoms with Crippen molar-refractivity contribution < 1.29 is 21.6 Å². The minimum atomic E-state index is -5.57. The van der Waals surface area contributed by atoms with Crippen LogP contribution >= 0.6 is 22.9 Å². The van der Waals surface area contributed by atoms with Gasteiger partial charge >= 0.3 is 15.5 Å². The number of hydrogen-bond donors (Lipinski definition) is 1. The second-order valence-electron chi connectivity index (χ2n) is 7.37. The number of nitrogens with one attached hydrogen (secondary N) is 1. The van der Waals surface area contributed by atoms with Crippen molar-refractivity contribution >= 4 is 38.6 Å². The first-order valence-electron chi connectivity index (χ1n) is 9.18. The fourth-order valence-corrected chi connectivity index (χ4v) is 4.74. The van der Waals surface area contributed by atoms with E-state index in [4.69, 9.17) is 11.6 Å². The van der Waals surface area contributed by atoms with Crippen LogP contribution in [0.5, 0.6) is 0 Å². The van der Waals surface area contributed by atoms with Crippen LogP contribution in [0.3, 0.4) is 0 Å². The molecule has 0 fully saturated rings. The molecule has 11 heteroatoms. The number of halogens is 4. The van der Waals surface area contributed by atoms with E-state index in [2.05, 4.69) is 23.8 Å². The number of thiazole rings is 1. The zero-order valence-corrected chi connectivity index (χ0v) is 19.2. The summed E-state index contributed by atoms with van der Waals surface area (Å²) in [6.07, 6.45) is 2.58. The van der Waals surface area contributed by atoms with Gasteiger partial charge in [0.25, 0.3) is 0 Å². The Labute approximate surface area is 187 Å². The number of sulfonamides is 1. The molecular formula is C20H19ClF3N3O2S2. The van der Waals surface area contributed by atoms with Crippen LogP contribution in [-0.4, -0.2) is 23.9 Å². The van der Waals surface area contributed by atoms with Gasteiger partial charge in [-0.1, -0.05) is 25.4 Å². The second kappa shape index (κ2) is 8.76. The standard InChI is InChI=1S/C20H19ClF3N3O2S2/c1-11(2)6-15-8-13(4-5-25-15)19-26-17(10-30-19)14-7-12(3)18(16(21)9-14)27-31(28,29)20(22,23)24/h4-5,7-11,27H,6H2,1-3H3. The Hall–Kier alpha value is -2.17. The molecule has 0 bridgehead atoms. The Balaban J connectivity index is 1.91. The minimum Gasteiger partial charge on any atom is -0.274 e. The molecule has 0 atom stereocenters. The molecule has 5 nitrogen and oxygen atoms in total. The van der Waals surface area contributed by atoms with E-state index in [0.29, 0.717) is 17.2 Å². The molecular weight excluding hydrogens is 471 g/mol. The van der Waals surface area contributed by atoms with Crippen molar-refractivity contribution in [2.75, 3.05) is 4.72 Å². The summed E-state index contributed by atoms with van der Waals surface area (Å²) in [6, 6.07) is 6.77. The highest BCUT2D eigenvalue weighted by atomic mass is 35.5. The van der Waals surface area contributed by atoms with Gasteiger partial charge in [-0.2, -0.15) is 21.6 Å².